The molecular weight excluding hydrogens is 715 g/mol. The van der Waals surface area contributed by atoms with E-state index in [0.29, 0.717) is 17.5 Å². The lowest BCUT2D eigenvalue weighted by atomic mass is 9.69. The van der Waals surface area contributed by atoms with E-state index in [0.717, 1.165) is 5.56 Å². The Hall–Kier alpha value is -2.93. The maximum absolute atomic E-state index is 14.0. The molecule has 2 aliphatic heterocycles. The monoisotopic (exact) mass is 759 g/mol. The number of ether oxygens (including phenoxy) is 3. The van der Waals surface area contributed by atoms with Gasteiger partial charge in [-0.3, -0.25) is 4.79 Å². The summed E-state index contributed by atoms with van der Waals surface area (Å²) in [4.78, 5) is 14.0. The second-order valence-corrected chi connectivity index (χ2v) is 16.4. The van der Waals surface area contributed by atoms with Crippen LogP contribution in [0, 0.1) is 12.8 Å². The number of methoxy groups -OCH3 is 1. The highest BCUT2D eigenvalue weighted by Gasteiger charge is 2.57. The van der Waals surface area contributed by atoms with Gasteiger partial charge in [-0.1, -0.05) is 58.0 Å². The zero-order chi connectivity index (χ0) is 37.5. The number of rotatable bonds is 6. The number of nitrogens with two attached hydrogens (primary N) is 1. The number of hydrogen-bond acceptors (Lipinski definition) is 15. The van der Waals surface area contributed by atoms with Gasteiger partial charge >= 0.3 is 0 Å². The lowest BCUT2D eigenvalue weighted by Gasteiger charge is -2.51. The third-order valence-corrected chi connectivity index (χ3v) is 13.7. The Labute approximate surface area is 308 Å². The van der Waals surface area contributed by atoms with Crippen molar-refractivity contribution in [2.75, 3.05) is 13.7 Å². The van der Waals surface area contributed by atoms with Gasteiger partial charge in [-0.25, -0.2) is 0 Å². The van der Waals surface area contributed by atoms with Crippen LogP contribution in [0.5, 0.6) is 17.2 Å². The first-order valence-electron chi connectivity index (χ1n) is 17.0. The summed E-state index contributed by atoms with van der Waals surface area (Å²) in [6, 6.07) is 9.68. The van der Waals surface area contributed by atoms with Crippen molar-refractivity contribution in [2.45, 2.75) is 92.2 Å². The highest BCUT2D eigenvalue weighted by Crippen LogP contribution is 2.50. The summed E-state index contributed by atoms with van der Waals surface area (Å²) in [6.45, 7) is 0.486. The number of carbonyl (C=O) groups is 1. The molecule has 0 radical (unpaired) electrons. The van der Waals surface area contributed by atoms with Crippen molar-refractivity contribution in [2.24, 2.45) is 11.7 Å². The highest BCUT2D eigenvalue weighted by molar-refractivity contribution is 8.77. The van der Waals surface area contributed by atoms with Crippen LogP contribution in [0.4, 0.5) is 0 Å². The first kappa shape index (κ1) is 38.8. The molecule has 3 aromatic carbocycles. The van der Waals surface area contributed by atoms with Crippen LogP contribution in [0.1, 0.15) is 45.5 Å². The predicted molar refractivity (Wildman–Crippen MR) is 195 cm³/mol. The van der Waals surface area contributed by atoms with Crippen molar-refractivity contribution >= 4 is 38.1 Å². The molecule has 0 unspecified atom stereocenters. The number of Topliss-reactive ketones (excluding diaryl/α,β-unsaturated/α-hetero) is 1. The Balaban J connectivity index is 1.56. The molecule has 0 saturated carbocycles. The van der Waals surface area contributed by atoms with Crippen LogP contribution in [-0.4, -0.2) is 113 Å². The molecule has 1 saturated heterocycles. The molecule has 4 bridgehead atoms. The second kappa shape index (κ2) is 15.8. The van der Waals surface area contributed by atoms with Gasteiger partial charge in [0.1, 0.15) is 47.3 Å². The number of hydrogen-bond donors (Lipinski definition) is 9. The average Bonchev–Trinajstić information content (AvgIpc) is 3.13. The van der Waals surface area contributed by atoms with Gasteiger partial charge in [0.15, 0.2) is 5.78 Å². The summed E-state index contributed by atoms with van der Waals surface area (Å²) >= 11 is 0. The number of aliphatic hydroxyl groups is 7. The molecule has 3 aliphatic rings. The summed E-state index contributed by atoms with van der Waals surface area (Å²) in [5.74, 6) is -1.71. The van der Waals surface area contributed by atoms with E-state index in [2.05, 4.69) is 0 Å². The van der Waals surface area contributed by atoms with Gasteiger partial charge in [-0.2, -0.15) is 0 Å². The van der Waals surface area contributed by atoms with Crippen LogP contribution in [0.2, 0.25) is 0 Å². The van der Waals surface area contributed by atoms with Crippen molar-refractivity contribution in [3.8, 4) is 17.2 Å². The van der Waals surface area contributed by atoms with Crippen molar-refractivity contribution < 1.29 is 59.9 Å². The molecule has 3 aromatic rings. The van der Waals surface area contributed by atoms with Crippen LogP contribution in [0.25, 0.3) is 10.8 Å². The van der Waals surface area contributed by atoms with E-state index in [4.69, 9.17) is 19.9 Å². The minimum absolute atomic E-state index is 0.0100. The Morgan fingerprint density at radius 3 is 2.42 bits per heavy atom. The minimum atomic E-state index is -2.01. The molecule has 0 amide bonds. The number of ketones is 1. The number of phenols is 1. The molecular formula is C37H45NO12S2. The van der Waals surface area contributed by atoms with Gasteiger partial charge in [-0.15, -0.1) is 0 Å². The molecule has 6 rings (SSSR count). The number of phenolic OH excluding ortho intramolecular Hbond substituents is 1. The quantitative estimate of drug-likeness (QED) is 0.128. The summed E-state index contributed by atoms with van der Waals surface area (Å²) in [6.07, 6.45) is -5.52. The number of aliphatic hydroxyl groups excluding tert-OH is 6. The first-order valence-corrected chi connectivity index (χ1v) is 19.3. The third-order valence-electron chi connectivity index (χ3n) is 10.4. The van der Waals surface area contributed by atoms with Gasteiger partial charge in [0.05, 0.1) is 37.9 Å². The molecule has 10 atom stereocenters. The average molecular weight is 760 g/mol. The molecule has 0 spiro atoms. The minimum Gasteiger partial charge on any atom is -0.506 e. The molecule has 52 heavy (non-hydrogen) atoms. The van der Waals surface area contributed by atoms with Crippen LogP contribution in [0.3, 0.4) is 0 Å². The topological polar surface area (TPSA) is 233 Å². The fourth-order valence-electron chi connectivity index (χ4n) is 7.62. The predicted octanol–water partition coefficient (Wildman–Crippen LogP) is 1.61. The SMILES string of the molecule is COc1cc2c3c(O)c(c(C)cc3c1CO)C(=O)C[C@@H](CO)SS[C@H](Cc1ccccc1CO)[C@H]1C[C@@H](N)C=C[C@@]1(O)[C@H]1O[C@H](O2)[C@H](O)[C@@H](O)[C@@H]1O. The second-order valence-electron chi connectivity index (χ2n) is 13.6. The van der Waals surface area contributed by atoms with Gasteiger partial charge in [0.25, 0.3) is 0 Å². The smallest absolute Gasteiger partial charge is 0.229 e. The van der Waals surface area contributed by atoms with Crippen molar-refractivity contribution in [3.63, 3.8) is 0 Å². The molecule has 282 valence electrons. The highest BCUT2D eigenvalue weighted by atomic mass is 33.1. The van der Waals surface area contributed by atoms with Gasteiger partial charge in [-0.05, 0) is 47.9 Å². The molecule has 0 aromatic heterocycles. The van der Waals surface area contributed by atoms with Gasteiger partial charge < -0.3 is 60.8 Å². The zero-order valence-electron chi connectivity index (χ0n) is 28.7. The summed E-state index contributed by atoms with van der Waals surface area (Å²) in [5, 5.41) is 88.4. The Kier molecular flexibility index (Phi) is 11.8. The maximum Gasteiger partial charge on any atom is 0.229 e. The number of fused-ring (bicyclic) bond motifs is 5. The molecule has 15 heteroatoms. The Morgan fingerprint density at radius 2 is 1.75 bits per heavy atom. The third kappa shape index (κ3) is 7.05. The van der Waals surface area contributed by atoms with E-state index < -0.39 is 83.5 Å². The molecule has 1 aliphatic carbocycles. The standard InChI is InChI=1S/C37H45NO12S2/c1-17-9-22-23(16-41)26(48-2)13-27-30(22)31(43)29(17)25(42)12-21(15-40)51-52-28(10-18-5-3-4-6-19(18)14-39)24-11-20(38)7-8-37(24,47)35-33(45)32(44)34(46)36(49-27)50-35/h3-9,13,20-21,24,28,32-36,39-41,43-47H,10-12,14-16,38H2,1-2H3/t20-,21-,24+,28+,32-,33-,34+,35-,36-,37-/m0/s1. The number of benzene rings is 3. The van der Waals surface area contributed by atoms with Crippen molar-refractivity contribution in [3.05, 3.63) is 76.4 Å². The Morgan fingerprint density at radius 1 is 1.02 bits per heavy atom. The van der Waals surface area contributed by atoms with E-state index >= 15 is 0 Å². The zero-order valence-corrected chi connectivity index (χ0v) is 30.3. The first-order chi connectivity index (χ1) is 24.9. The fourth-order valence-corrected chi connectivity index (χ4v) is 10.8. The molecule has 1 fully saturated rings. The summed E-state index contributed by atoms with van der Waals surface area (Å²) in [5.41, 5.74) is 6.50. The van der Waals surface area contributed by atoms with E-state index in [1.54, 1.807) is 31.2 Å². The lowest BCUT2D eigenvalue weighted by molar-refractivity contribution is -0.304. The lowest BCUT2D eigenvalue weighted by Crippen LogP contribution is -2.68. The van der Waals surface area contributed by atoms with Crippen molar-refractivity contribution in [1.29, 1.82) is 0 Å². The van der Waals surface area contributed by atoms with E-state index in [1.165, 1.54) is 40.8 Å². The number of carbonyl (C=O) groups excluding carboxylic acids is 1. The van der Waals surface area contributed by atoms with Crippen LogP contribution in [0.15, 0.2) is 48.6 Å². The van der Waals surface area contributed by atoms with Crippen LogP contribution in [-0.2, 0) is 24.4 Å². The van der Waals surface area contributed by atoms with Crippen molar-refractivity contribution in [1.82, 2.24) is 0 Å². The number of aryl methyl sites for hydroxylation is 1. The normalized spacial score (nSPS) is 32.4. The number of aromatic hydroxyl groups is 1. The van der Waals surface area contributed by atoms with E-state index in [-0.39, 0.29) is 52.8 Å². The summed E-state index contributed by atoms with van der Waals surface area (Å²) in [7, 11) is 3.90. The molecule has 13 nitrogen and oxygen atoms in total. The van der Waals surface area contributed by atoms with Crippen LogP contribution >= 0.6 is 21.6 Å². The van der Waals surface area contributed by atoms with E-state index in [9.17, 15) is 45.6 Å². The van der Waals surface area contributed by atoms with Gasteiger partial charge in [0, 0.05) is 40.5 Å². The van der Waals surface area contributed by atoms with E-state index in [1.807, 2.05) is 12.1 Å². The summed E-state index contributed by atoms with van der Waals surface area (Å²) < 4.78 is 18.0. The van der Waals surface area contributed by atoms with Gasteiger partial charge in [0.2, 0.25) is 6.29 Å². The molecule has 10 N–H and O–H groups in total. The molecule has 2 heterocycles. The Bertz CT molecular complexity index is 1830. The fraction of sp³-hybridized carbons (Fsp3) is 0.486. The largest absolute Gasteiger partial charge is 0.506 e. The van der Waals surface area contributed by atoms with Crippen LogP contribution < -0.4 is 15.2 Å². The maximum atomic E-state index is 14.0.